The summed E-state index contributed by atoms with van der Waals surface area (Å²) in [4.78, 5) is 0. The molecule has 0 amide bonds. The fourth-order valence-corrected chi connectivity index (χ4v) is 3.29. The van der Waals surface area contributed by atoms with Crippen LogP contribution in [0.4, 0.5) is 0 Å². The van der Waals surface area contributed by atoms with Crippen LogP contribution in [-0.4, -0.2) is 6.54 Å². The van der Waals surface area contributed by atoms with Gasteiger partial charge in [0.2, 0.25) is 0 Å². The van der Waals surface area contributed by atoms with Gasteiger partial charge in [-0.15, -0.1) is 0 Å². The third kappa shape index (κ3) is 4.27. The normalized spacial score (nSPS) is 17.3. The van der Waals surface area contributed by atoms with Gasteiger partial charge >= 0.3 is 0 Å². The van der Waals surface area contributed by atoms with Crippen molar-refractivity contribution in [2.75, 3.05) is 6.54 Å². The Balaban J connectivity index is 1.77. The first-order valence-corrected chi connectivity index (χ1v) is 7.57. The van der Waals surface area contributed by atoms with Gasteiger partial charge in [0.05, 0.1) is 0 Å². The minimum absolute atomic E-state index is 0.785. The highest BCUT2D eigenvalue weighted by Crippen LogP contribution is 2.24. The van der Waals surface area contributed by atoms with E-state index in [1.165, 1.54) is 37.7 Å². The van der Waals surface area contributed by atoms with Gasteiger partial charge in [-0.25, -0.2) is 0 Å². The molecule has 0 saturated heterocycles. The van der Waals surface area contributed by atoms with Gasteiger partial charge in [0, 0.05) is 16.0 Å². The molecule has 1 aliphatic rings. The van der Waals surface area contributed by atoms with E-state index in [-0.39, 0.29) is 0 Å². The Morgan fingerprint density at radius 3 is 2.71 bits per heavy atom. The fourth-order valence-electron chi connectivity index (χ4n) is 2.47. The number of hydrogen-bond donors (Lipinski definition) is 1. The van der Waals surface area contributed by atoms with Crippen molar-refractivity contribution in [2.24, 2.45) is 5.92 Å². The summed E-state index contributed by atoms with van der Waals surface area (Å²) in [5, 5.41) is 4.34. The lowest BCUT2D eigenvalue weighted by Crippen LogP contribution is -2.24. The molecule has 17 heavy (non-hydrogen) atoms. The van der Waals surface area contributed by atoms with E-state index in [1.807, 2.05) is 12.1 Å². The topological polar surface area (TPSA) is 12.0 Å². The smallest absolute Gasteiger partial charge is 0.0417 e. The Morgan fingerprint density at radius 1 is 1.24 bits per heavy atom. The minimum Gasteiger partial charge on any atom is -0.312 e. The SMILES string of the molecule is Clc1ccc(CNCC2CCCCC2)c(Br)c1. The van der Waals surface area contributed by atoms with Crippen LogP contribution in [0.3, 0.4) is 0 Å². The standard InChI is InChI=1S/C14H19BrClN/c15-14-8-13(16)7-6-12(14)10-17-9-11-4-2-1-3-5-11/h6-8,11,17H,1-5,9-10H2. The van der Waals surface area contributed by atoms with Crippen LogP contribution in [0, 0.1) is 5.92 Å². The van der Waals surface area contributed by atoms with Crippen LogP contribution in [0.5, 0.6) is 0 Å². The second kappa shape index (κ2) is 6.77. The molecule has 1 aromatic rings. The van der Waals surface area contributed by atoms with Crippen molar-refractivity contribution < 1.29 is 0 Å². The van der Waals surface area contributed by atoms with E-state index in [0.29, 0.717) is 0 Å². The van der Waals surface area contributed by atoms with E-state index in [4.69, 9.17) is 11.6 Å². The first kappa shape index (κ1) is 13.4. The molecule has 1 N–H and O–H groups in total. The Labute approximate surface area is 117 Å². The third-order valence-electron chi connectivity index (χ3n) is 3.49. The van der Waals surface area contributed by atoms with E-state index in [9.17, 15) is 0 Å². The molecule has 2 rings (SSSR count). The first-order valence-electron chi connectivity index (χ1n) is 6.40. The highest BCUT2D eigenvalue weighted by molar-refractivity contribution is 9.10. The molecule has 0 unspecified atom stereocenters. The predicted molar refractivity (Wildman–Crippen MR) is 77.4 cm³/mol. The average Bonchev–Trinajstić information content (AvgIpc) is 2.33. The summed E-state index contributed by atoms with van der Waals surface area (Å²) >= 11 is 9.47. The molecule has 0 atom stereocenters. The van der Waals surface area contributed by atoms with Crippen LogP contribution in [0.15, 0.2) is 22.7 Å². The maximum Gasteiger partial charge on any atom is 0.0417 e. The maximum atomic E-state index is 5.92. The zero-order valence-corrected chi connectivity index (χ0v) is 12.4. The van der Waals surface area contributed by atoms with E-state index in [0.717, 1.165) is 28.5 Å². The highest BCUT2D eigenvalue weighted by atomic mass is 79.9. The molecule has 0 aromatic heterocycles. The summed E-state index contributed by atoms with van der Waals surface area (Å²) < 4.78 is 1.10. The molecule has 1 saturated carbocycles. The molecule has 3 heteroatoms. The van der Waals surface area contributed by atoms with Gasteiger partial charge in [-0.2, -0.15) is 0 Å². The quantitative estimate of drug-likeness (QED) is 0.843. The summed E-state index contributed by atoms with van der Waals surface area (Å²) in [7, 11) is 0. The van der Waals surface area contributed by atoms with Gasteiger partial charge in [-0.3, -0.25) is 0 Å². The van der Waals surface area contributed by atoms with Gasteiger partial charge in [-0.05, 0) is 43.0 Å². The summed E-state index contributed by atoms with van der Waals surface area (Å²) in [6.07, 6.45) is 7.05. The Morgan fingerprint density at radius 2 is 2.00 bits per heavy atom. The summed E-state index contributed by atoms with van der Waals surface area (Å²) in [5.74, 6) is 0.884. The van der Waals surface area contributed by atoms with Gasteiger partial charge < -0.3 is 5.32 Å². The average molecular weight is 317 g/mol. The second-order valence-corrected chi connectivity index (χ2v) is 6.16. The van der Waals surface area contributed by atoms with Gasteiger partial charge in [-0.1, -0.05) is 52.9 Å². The number of hydrogen-bond acceptors (Lipinski definition) is 1. The fraction of sp³-hybridized carbons (Fsp3) is 0.571. The second-order valence-electron chi connectivity index (χ2n) is 4.87. The Kier molecular flexibility index (Phi) is 5.33. The van der Waals surface area contributed by atoms with Gasteiger partial charge in [0.1, 0.15) is 0 Å². The molecule has 1 aliphatic carbocycles. The van der Waals surface area contributed by atoms with Gasteiger partial charge in [0.25, 0.3) is 0 Å². The van der Waals surface area contributed by atoms with Crippen molar-refractivity contribution in [3.8, 4) is 0 Å². The predicted octanol–water partition coefficient (Wildman–Crippen LogP) is 4.77. The first-order chi connectivity index (χ1) is 8.25. The summed E-state index contributed by atoms with van der Waals surface area (Å²) in [6, 6.07) is 5.99. The van der Waals surface area contributed by atoms with Crippen LogP contribution < -0.4 is 5.32 Å². The van der Waals surface area contributed by atoms with Crippen LogP contribution in [0.2, 0.25) is 5.02 Å². The van der Waals surface area contributed by atoms with Crippen LogP contribution >= 0.6 is 27.5 Å². The molecule has 0 spiro atoms. The van der Waals surface area contributed by atoms with Crippen molar-refractivity contribution in [3.05, 3.63) is 33.3 Å². The third-order valence-corrected chi connectivity index (χ3v) is 4.46. The van der Waals surface area contributed by atoms with Crippen molar-refractivity contribution in [3.63, 3.8) is 0 Å². The molecular weight excluding hydrogens is 298 g/mol. The largest absolute Gasteiger partial charge is 0.312 e. The zero-order valence-electron chi connectivity index (χ0n) is 10.0. The summed E-state index contributed by atoms with van der Waals surface area (Å²) in [5.41, 5.74) is 1.28. The highest BCUT2D eigenvalue weighted by Gasteiger charge is 2.12. The van der Waals surface area contributed by atoms with E-state index < -0.39 is 0 Å². The summed E-state index contributed by atoms with van der Waals surface area (Å²) in [6.45, 7) is 2.07. The molecule has 0 aliphatic heterocycles. The minimum atomic E-state index is 0.785. The molecule has 94 valence electrons. The Bertz CT molecular complexity index is 361. The molecular formula is C14H19BrClN. The van der Waals surface area contributed by atoms with E-state index in [2.05, 4.69) is 27.3 Å². The van der Waals surface area contributed by atoms with Crippen molar-refractivity contribution in [1.82, 2.24) is 5.32 Å². The van der Waals surface area contributed by atoms with Gasteiger partial charge in [0.15, 0.2) is 0 Å². The molecule has 0 heterocycles. The number of benzene rings is 1. The number of nitrogens with one attached hydrogen (secondary N) is 1. The number of rotatable bonds is 4. The van der Waals surface area contributed by atoms with Crippen LogP contribution in [-0.2, 0) is 6.54 Å². The zero-order chi connectivity index (χ0) is 12.1. The molecule has 1 fully saturated rings. The molecule has 1 aromatic carbocycles. The lowest BCUT2D eigenvalue weighted by atomic mass is 9.89. The molecule has 0 radical (unpaired) electrons. The lowest BCUT2D eigenvalue weighted by Gasteiger charge is -2.22. The van der Waals surface area contributed by atoms with Crippen LogP contribution in [0.1, 0.15) is 37.7 Å². The van der Waals surface area contributed by atoms with Crippen molar-refractivity contribution >= 4 is 27.5 Å². The van der Waals surface area contributed by atoms with Crippen molar-refractivity contribution in [1.29, 1.82) is 0 Å². The number of halogens is 2. The van der Waals surface area contributed by atoms with Crippen molar-refractivity contribution in [2.45, 2.75) is 38.6 Å². The molecule has 0 bridgehead atoms. The van der Waals surface area contributed by atoms with Crippen LogP contribution in [0.25, 0.3) is 0 Å². The maximum absolute atomic E-state index is 5.92. The molecule has 1 nitrogen and oxygen atoms in total. The van der Waals surface area contributed by atoms with E-state index in [1.54, 1.807) is 0 Å². The monoisotopic (exact) mass is 315 g/mol. The van der Waals surface area contributed by atoms with E-state index >= 15 is 0 Å². The Hall–Kier alpha value is -0.0500. The lowest BCUT2D eigenvalue weighted by molar-refractivity contribution is 0.342.